The van der Waals surface area contributed by atoms with Crippen LogP contribution in [0.1, 0.15) is 19.8 Å². The number of carbonyl (C=O) groups is 1. The zero-order chi connectivity index (χ0) is 13.3. The number of rotatable bonds is 2. The summed E-state index contributed by atoms with van der Waals surface area (Å²) in [4.78, 5) is 11.7. The topological polar surface area (TPSA) is 92.8 Å². The van der Waals surface area contributed by atoms with Gasteiger partial charge < -0.3 is 0 Å². The van der Waals surface area contributed by atoms with Crippen LogP contribution in [0, 0.1) is 0 Å². The first-order valence-electron chi connectivity index (χ1n) is 5.38. The van der Waals surface area contributed by atoms with E-state index in [0.29, 0.717) is 18.5 Å². The third-order valence-electron chi connectivity index (χ3n) is 2.62. The molecule has 1 heterocycles. The summed E-state index contributed by atoms with van der Waals surface area (Å²) in [7, 11) is -3.71. The van der Waals surface area contributed by atoms with Gasteiger partial charge in [0.1, 0.15) is 0 Å². The summed E-state index contributed by atoms with van der Waals surface area (Å²) in [5.41, 5.74) is 1.40. The average molecular weight is 267 g/mol. The standard InChI is InChI=1S/C11H13N3O3S/c1-8-2-7-11(15)14(13-8)9-3-5-10(6-4-9)18(12,16)17/h3-6H,2,7H2,1H3,(H2,12,16,17). The Balaban J connectivity index is 2.35. The molecule has 7 heteroatoms. The van der Waals surface area contributed by atoms with E-state index >= 15 is 0 Å². The molecule has 0 radical (unpaired) electrons. The molecular weight excluding hydrogens is 254 g/mol. The lowest BCUT2D eigenvalue weighted by Crippen LogP contribution is -2.30. The van der Waals surface area contributed by atoms with Crippen molar-refractivity contribution in [1.82, 2.24) is 0 Å². The van der Waals surface area contributed by atoms with Gasteiger partial charge in [-0.05, 0) is 37.6 Å². The second-order valence-electron chi connectivity index (χ2n) is 4.08. The maximum atomic E-state index is 11.7. The van der Waals surface area contributed by atoms with Crippen LogP contribution in [0.3, 0.4) is 0 Å². The molecule has 2 rings (SSSR count). The van der Waals surface area contributed by atoms with E-state index in [2.05, 4.69) is 5.10 Å². The average Bonchev–Trinajstić information content (AvgIpc) is 2.31. The number of hydrogen-bond acceptors (Lipinski definition) is 4. The maximum Gasteiger partial charge on any atom is 0.247 e. The maximum absolute atomic E-state index is 11.7. The number of carbonyl (C=O) groups excluding carboxylic acids is 1. The van der Waals surface area contributed by atoms with Gasteiger partial charge in [0.25, 0.3) is 0 Å². The van der Waals surface area contributed by atoms with Crippen molar-refractivity contribution in [3.63, 3.8) is 0 Å². The molecule has 1 amide bonds. The van der Waals surface area contributed by atoms with E-state index < -0.39 is 10.0 Å². The molecule has 0 aromatic heterocycles. The fourth-order valence-corrected chi connectivity index (χ4v) is 2.16. The van der Waals surface area contributed by atoms with Crippen LogP contribution in [0.4, 0.5) is 5.69 Å². The van der Waals surface area contributed by atoms with E-state index in [4.69, 9.17) is 5.14 Å². The number of hydrazone groups is 1. The number of nitrogens with zero attached hydrogens (tertiary/aromatic N) is 2. The quantitative estimate of drug-likeness (QED) is 0.860. The van der Waals surface area contributed by atoms with Crippen LogP contribution in [-0.2, 0) is 14.8 Å². The number of primary sulfonamides is 1. The summed E-state index contributed by atoms with van der Waals surface area (Å²) < 4.78 is 22.2. The Kier molecular flexibility index (Phi) is 3.18. The molecule has 1 aliphatic rings. The van der Waals surface area contributed by atoms with Crippen LogP contribution in [0.5, 0.6) is 0 Å². The normalized spacial score (nSPS) is 16.7. The molecule has 2 N–H and O–H groups in total. The Hall–Kier alpha value is -1.73. The highest BCUT2D eigenvalue weighted by molar-refractivity contribution is 7.89. The van der Waals surface area contributed by atoms with Crippen LogP contribution in [0.25, 0.3) is 0 Å². The van der Waals surface area contributed by atoms with Crippen molar-refractivity contribution in [1.29, 1.82) is 0 Å². The van der Waals surface area contributed by atoms with E-state index in [9.17, 15) is 13.2 Å². The number of amides is 1. The number of hydrogen-bond donors (Lipinski definition) is 1. The summed E-state index contributed by atoms with van der Waals surface area (Å²) in [6.45, 7) is 1.85. The third kappa shape index (κ3) is 2.57. The summed E-state index contributed by atoms with van der Waals surface area (Å²) in [6.07, 6.45) is 1.07. The van der Waals surface area contributed by atoms with Gasteiger partial charge in [-0.15, -0.1) is 0 Å². The van der Waals surface area contributed by atoms with Gasteiger partial charge in [-0.2, -0.15) is 5.10 Å². The summed E-state index contributed by atoms with van der Waals surface area (Å²) in [6, 6.07) is 5.74. The predicted octanol–water partition coefficient (Wildman–Crippen LogP) is 0.837. The summed E-state index contributed by atoms with van der Waals surface area (Å²) in [5.74, 6) is -0.107. The van der Waals surface area contributed by atoms with Gasteiger partial charge in [0, 0.05) is 12.1 Å². The second-order valence-corrected chi connectivity index (χ2v) is 5.64. The molecular formula is C11H13N3O3S. The number of anilines is 1. The number of sulfonamides is 1. The molecule has 96 valence electrons. The first kappa shape index (κ1) is 12.7. The summed E-state index contributed by atoms with van der Waals surface area (Å²) >= 11 is 0. The molecule has 6 nitrogen and oxygen atoms in total. The van der Waals surface area contributed by atoms with Crippen molar-refractivity contribution >= 4 is 27.3 Å². The molecule has 0 atom stereocenters. The Morgan fingerprint density at radius 3 is 2.39 bits per heavy atom. The van der Waals surface area contributed by atoms with Crippen molar-refractivity contribution in [3.05, 3.63) is 24.3 Å². The van der Waals surface area contributed by atoms with E-state index in [-0.39, 0.29) is 10.8 Å². The van der Waals surface area contributed by atoms with Crippen molar-refractivity contribution in [2.45, 2.75) is 24.7 Å². The smallest absolute Gasteiger partial charge is 0.247 e. The van der Waals surface area contributed by atoms with E-state index in [0.717, 1.165) is 5.71 Å². The summed E-state index contributed by atoms with van der Waals surface area (Å²) in [5, 5.41) is 10.4. The minimum atomic E-state index is -3.71. The van der Waals surface area contributed by atoms with Crippen LogP contribution in [0.15, 0.2) is 34.3 Å². The van der Waals surface area contributed by atoms with Gasteiger partial charge in [0.2, 0.25) is 15.9 Å². The van der Waals surface area contributed by atoms with Crippen molar-refractivity contribution in [2.75, 3.05) is 5.01 Å². The van der Waals surface area contributed by atoms with Gasteiger partial charge in [-0.3, -0.25) is 4.79 Å². The highest BCUT2D eigenvalue weighted by atomic mass is 32.2. The van der Waals surface area contributed by atoms with Crippen molar-refractivity contribution in [2.24, 2.45) is 10.2 Å². The lowest BCUT2D eigenvalue weighted by Gasteiger charge is -2.22. The molecule has 0 saturated heterocycles. The Bertz CT molecular complexity index is 605. The molecule has 0 fully saturated rings. The molecule has 1 aromatic rings. The highest BCUT2D eigenvalue weighted by Crippen LogP contribution is 2.21. The van der Waals surface area contributed by atoms with E-state index in [1.807, 2.05) is 6.92 Å². The highest BCUT2D eigenvalue weighted by Gasteiger charge is 2.20. The van der Waals surface area contributed by atoms with Gasteiger partial charge in [0.05, 0.1) is 10.6 Å². The lowest BCUT2D eigenvalue weighted by molar-refractivity contribution is -0.118. The predicted molar refractivity (Wildman–Crippen MR) is 67.6 cm³/mol. The van der Waals surface area contributed by atoms with Crippen LogP contribution < -0.4 is 10.1 Å². The minimum absolute atomic E-state index is 0.0106. The van der Waals surface area contributed by atoms with E-state index in [1.54, 1.807) is 0 Å². The van der Waals surface area contributed by atoms with Gasteiger partial charge in [0.15, 0.2) is 0 Å². The molecule has 0 spiro atoms. The van der Waals surface area contributed by atoms with Crippen LogP contribution in [-0.4, -0.2) is 20.0 Å². The SMILES string of the molecule is CC1=NN(c2ccc(S(N)(=O)=O)cc2)C(=O)CC1. The molecule has 1 aliphatic heterocycles. The van der Waals surface area contributed by atoms with Crippen LogP contribution in [0.2, 0.25) is 0 Å². The molecule has 0 saturated carbocycles. The Morgan fingerprint density at radius 1 is 1.22 bits per heavy atom. The Morgan fingerprint density at radius 2 is 1.83 bits per heavy atom. The van der Waals surface area contributed by atoms with Crippen LogP contribution >= 0.6 is 0 Å². The van der Waals surface area contributed by atoms with Crippen molar-refractivity contribution < 1.29 is 13.2 Å². The molecule has 0 unspecified atom stereocenters. The van der Waals surface area contributed by atoms with Gasteiger partial charge in [-0.1, -0.05) is 0 Å². The van der Waals surface area contributed by atoms with Crippen molar-refractivity contribution in [3.8, 4) is 0 Å². The zero-order valence-corrected chi connectivity index (χ0v) is 10.6. The molecule has 18 heavy (non-hydrogen) atoms. The van der Waals surface area contributed by atoms with Gasteiger partial charge >= 0.3 is 0 Å². The minimum Gasteiger partial charge on any atom is -0.273 e. The fraction of sp³-hybridized carbons (Fsp3) is 0.273. The largest absolute Gasteiger partial charge is 0.273 e. The monoisotopic (exact) mass is 267 g/mol. The Labute approximate surface area is 105 Å². The first-order chi connectivity index (χ1) is 8.38. The fourth-order valence-electron chi connectivity index (χ4n) is 1.65. The lowest BCUT2D eigenvalue weighted by atomic mass is 10.2. The van der Waals surface area contributed by atoms with E-state index in [1.165, 1.54) is 29.3 Å². The third-order valence-corrected chi connectivity index (χ3v) is 3.55. The second kappa shape index (κ2) is 4.51. The molecule has 0 bridgehead atoms. The number of benzene rings is 1. The molecule has 0 aliphatic carbocycles. The number of nitrogens with two attached hydrogens (primary N) is 1. The van der Waals surface area contributed by atoms with Gasteiger partial charge in [-0.25, -0.2) is 18.6 Å². The molecule has 1 aromatic carbocycles. The zero-order valence-electron chi connectivity index (χ0n) is 9.83. The first-order valence-corrected chi connectivity index (χ1v) is 6.92.